The van der Waals surface area contributed by atoms with E-state index in [-0.39, 0.29) is 5.97 Å². The van der Waals surface area contributed by atoms with Crippen LogP contribution in [0.25, 0.3) is 0 Å². The number of ether oxygens (including phenoxy) is 2. The van der Waals surface area contributed by atoms with E-state index in [1.165, 1.54) is 5.56 Å². The number of rotatable bonds is 6. The summed E-state index contributed by atoms with van der Waals surface area (Å²) in [6, 6.07) is 5.82. The second-order valence-electron chi connectivity index (χ2n) is 5.47. The third kappa shape index (κ3) is 4.05. The fourth-order valence-corrected chi connectivity index (χ4v) is 2.31. The van der Waals surface area contributed by atoms with E-state index in [2.05, 4.69) is 25.2 Å². The van der Waals surface area contributed by atoms with E-state index in [1.807, 2.05) is 12.1 Å². The first-order valence-corrected chi connectivity index (χ1v) is 7.25. The summed E-state index contributed by atoms with van der Waals surface area (Å²) in [6.45, 7) is 7.40. The van der Waals surface area contributed by atoms with Crippen LogP contribution in [0.3, 0.4) is 0 Å². The molecule has 110 valence electrons. The molecule has 0 aromatic heterocycles. The molecule has 1 heterocycles. The quantitative estimate of drug-likeness (QED) is 0.639. The van der Waals surface area contributed by atoms with Crippen LogP contribution in [-0.4, -0.2) is 32.3 Å². The molecule has 0 fully saturated rings. The van der Waals surface area contributed by atoms with Gasteiger partial charge in [0.15, 0.2) is 0 Å². The average molecular weight is 277 g/mol. The van der Waals surface area contributed by atoms with Gasteiger partial charge in [-0.25, -0.2) is 4.79 Å². The van der Waals surface area contributed by atoms with Crippen molar-refractivity contribution in [2.45, 2.75) is 26.8 Å². The molecule has 0 saturated carbocycles. The maximum atomic E-state index is 12.1. The molecule has 1 aromatic rings. The van der Waals surface area contributed by atoms with Crippen LogP contribution in [-0.2, 0) is 22.4 Å². The smallest absolute Gasteiger partial charge is 0.338 e. The van der Waals surface area contributed by atoms with Gasteiger partial charge in [-0.05, 0) is 36.1 Å². The first-order valence-electron chi connectivity index (χ1n) is 7.25. The summed E-state index contributed by atoms with van der Waals surface area (Å²) in [5, 5.41) is 3.31. The molecule has 1 aliphatic rings. The summed E-state index contributed by atoms with van der Waals surface area (Å²) in [6.07, 6.45) is 0.879. The van der Waals surface area contributed by atoms with Gasteiger partial charge in [0.2, 0.25) is 0 Å². The Labute approximate surface area is 120 Å². The van der Waals surface area contributed by atoms with Gasteiger partial charge in [0.05, 0.1) is 12.2 Å². The lowest BCUT2D eigenvalue weighted by molar-refractivity contribution is 0.0276. The van der Waals surface area contributed by atoms with Crippen LogP contribution in [0, 0.1) is 5.92 Å². The van der Waals surface area contributed by atoms with Gasteiger partial charge in [0, 0.05) is 13.2 Å². The highest BCUT2D eigenvalue weighted by Crippen LogP contribution is 2.19. The third-order valence-electron chi connectivity index (χ3n) is 3.27. The Kier molecular flexibility index (Phi) is 5.56. The van der Waals surface area contributed by atoms with Crippen LogP contribution >= 0.6 is 0 Å². The number of hydrogen-bond donors (Lipinski definition) is 1. The van der Waals surface area contributed by atoms with Crippen LogP contribution in [0.2, 0.25) is 0 Å². The topological polar surface area (TPSA) is 47.6 Å². The van der Waals surface area contributed by atoms with E-state index >= 15 is 0 Å². The Morgan fingerprint density at radius 2 is 2.20 bits per heavy atom. The maximum absolute atomic E-state index is 12.1. The second kappa shape index (κ2) is 7.41. The lowest BCUT2D eigenvalue weighted by Crippen LogP contribution is -2.26. The minimum absolute atomic E-state index is 0.239. The fraction of sp³-hybridized carbons (Fsp3) is 0.562. The van der Waals surface area contributed by atoms with Gasteiger partial charge in [-0.2, -0.15) is 0 Å². The van der Waals surface area contributed by atoms with Crippen molar-refractivity contribution in [2.75, 3.05) is 26.4 Å². The second-order valence-corrected chi connectivity index (χ2v) is 5.47. The van der Waals surface area contributed by atoms with Crippen molar-refractivity contribution in [1.82, 2.24) is 5.32 Å². The summed E-state index contributed by atoms with van der Waals surface area (Å²) >= 11 is 0. The highest BCUT2D eigenvalue weighted by molar-refractivity contribution is 5.91. The predicted octanol–water partition coefficient (Wildman–Crippen LogP) is 2.16. The average Bonchev–Trinajstić information content (AvgIpc) is 2.45. The molecule has 1 aromatic carbocycles. The Bertz CT molecular complexity index is 457. The van der Waals surface area contributed by atoms with Crippen LogP contribution in [0.15, 0.2) is 18.2 Å². The molecule has 0 atom stereocenters. The number of hydrogen-bond acceptors (Lipinski definition) is 4. The summed E-state index contributed by atoms with van der Waals surface area (Å²) in [5.41, 5.74) is 3.02. The fourth-order valence-electron chi connectivity index (χ4n) is 2.31. The van der Waals surface area contributed by atoms with E-state index in [4.69, 9.17) is 9.47 Å². The molecule has 4 heteroatoms. The Hall–Kier alpha value is -1.39. The molecule has 0 unspecified atom stereocenters. The van der Waals surface area contributed by atoms with Crippen molar-refractivity contribution in [3.05, 3.63) is 34.9 Å². The number of carbonyl (C=O) groups is 1. The molecule has 0 radical (unpaired) electrons. The molecule has 1 N–H and O–H groups in total. The van der Waals surface area contributed by atoms with Gasteiger partial charge in [0.25, 0.3) is 0 Å². The molecule has 0 bridgehead atoms. The summed E-state index contributed by atoms with van der Waals surface area (Å²) in [5.74, 6) is 0.260. The van der Waals surface area contributed by atoms with Crippen LogP contribution in [0.1, 0.15) is 35.3 Å². The first kappa shape index (κ1) is 15.0. The molecule has 2 rings (SSSR count). The van der Waals surface area contributed by atoms with Gasteiger partial charge < -0.3 is 14.8 Å². The Balaban J connectivity index is 1.86. The maximum Gasteiger partial charge on any atom is 0.338 e. The van der Waals surface area contributed by atoms with Crippen molar-refractivity contribution in [3.63, 3.8) is 0 Å². The monoisotopic (exact) mass is 277 g/mol. The molecule has 4 nitrogen and oxygen atoms in total. The van der Waals surface area contributed by atoms with Crippen molar-refractivity contribution in [3.8, 4) is 0 Å². The van der Waals surface area contributed by atoms with Crippen LogP contribution < -0.4 is 5.32 Å². The van der Waals surface area contributed by atoms with E-state index in [9.17, 15) is 4.79 Å². The summed E-state index contributed by atoms with van der Waals surface area (Å²) in [4.78, 5) is 12.1. The highest BCUT2D eigenvalue weighted by atomic mass is 16.6. The van der Waals surface area contributed by atoms with E-state index in [1.54, 1.807) is 0 Å². The largest absolute Gasteiger partial charge is 0.460 e. The standard InChI is InChI=1S/C16H23NO3/c1-12(2)11-19-8-9-20-16(18)15-5-3-4-13-10-17-7-6-14(13)15/h3-5,12,17H,6-11H2,1-2H3. The third-order valence-corrected chi connectivity index (χ3v) is 3.27. The van der Waals surface area contributed by atoms with Gasteiger partial charge in [0.1, 0.15) is 6.61 Å². The Morgan fingerprint density at radius 3 is 3.00 bits per heavy atom. The minimum atomic E-state index is -0.239. The van der Waals surface area contributed by atoms with Gasteiger partial charge >= 0.3 is 5.97 Å². The van der Waals surface area contributed by atoms with Crippen molar-refractivity contribution in [1.29, 1.82) is 0 Å². The Morgan fingerprint density at radius 1 is 1.35 bits per heavy atom. The lowest BCUT2D eigenvalue weighted by atomic mass is 9.95. The number of benzene rings is 1. The summed E-state index contributed by atoms with van der Waals surface area (Å²) < 4.78 is 10.7. The van der Waals surface area contributed by atoms with Crippen LogP contribution in [0.5, 0.6) is 0 Å². The normalized spacial score (nSPS) is 14.2. The number of fused-ring (bicyclic) bond motifs is 1. The summed E-state index contributed by atoms with van der Waals surface area (Å²) in [7, 11) is 0. The van der Waals surface area contributed by atoms with Gasteiger partial charge in [-0.1, -0.05) is 26.0 Å². The van der Waals surface area contributed by atoms with E-state index in [0.29, 0.717) is 31.3 Å². The molecule has 0 aliphatic carbocycles. The first-order chi connectivity index (χ1) is 9.68. The van der Waals surface area contributed by atoms with Gasteiger partial charge in [-0.3, -0.25) is 0 Å². The molecule has 0 saturated heterocycles. The number of nitrogens with one attached hydrogen (secondary N) is 1. The molecule has 0 amide bonds. The zero-order chi connectivity index (χ0) is 14.4. The van der Waals surface area contributed by atoms with E-state index < -0.39 is 0 Å². The van der Waals surface area contributed by atoms with Crippen molar-refractivity contribution >= 4 is 5.97 Å². The van der Waals surface area contributed by atoms with E-state index in [0.717, 1.165) is 25.1 Å². The zero-order valence-corrected chi connectivity index (χ0v) is 12.3. The molecule has 1 aliphatic heterocycles. The zero-order valence-electron chi connectivity index (χ0n) is 12.3. The molecular formula is C16H23NO3. The van der Waals surface area contributed by atoms with Crippen molar-refractivity contribution < 1.29 is 14.3 Å². The molecular weight excluding hydrogens is 254 g/mol. The minimum Gasteiger partial charge on any atom is -0.460 e. The van der Waals surface area contributed by atoms with Gasteiger partial charge in [-0.15, -0.1) is 0 Å². The molecule has 0 spiro atoms. The lowest BCUT2D eigenvalue weighted by Gasteiger charge is -2.19. The molecule has 20 heavy (non-hydrogen) atoms. The number of esters is 1. The van der Waals surface area contributed by atoms with Crippen LogP contribution in [0.4, 0.5) is 0 Å². The highest BCUT2D eigenvalue weighted by Gasteiger charge is 2.18. The predicted molar refractivity (Wildman–Crippen MR) is 77.8 cm³/mol. The SMILES string of the molecule is CC(C)COCCOC(=O)c1cccc2c1CCNC2. The number of carbonyl (C=O) groups excluding carboxylic acids is 1. The van der Waals surface area contributed by atoms with Crippen molar-refractivity contribution in [2.24, 2.45) is 5.92 Å².